The average molecular weight is 1090 g/mol. The number of hydrogen-bond donors (Lipinski definition) is 1. The van der Waals surface area contributed by atoms with E-state index in [4.69, 9.17) is 0 Å². The van der Waals surface area contributed by atoms with E-state index in [0.717, 1.165) is 58.4 Å². The summed E-state index contributed by atoms with van der Waals surface area (Å²) in [6.45, 7) is 22.4. The van der Waals surface area contributed by atoms with Crippen molar-refractivity contribution in [1.82, 2.24) is 15.0 Å². The van der Waals surface area contributed by atoms with E-state index in [0.29, 0.717) is 0 Å². The Morgan fingerprint density at radius 1 is 0.692 bits per heavy atom. The Bertz CT molecular complexity index is 2840. The normalized spacial score (nSPS) is 11.8. The number of rotatable bonds is 12. The van der Waals surface area contributed by atoms with Crippen LogP contribution >= 0.6 is 11.3 Å². The number of allylic oxidation sites excluding steroid dienone is 2. The number of aromatic nitrogens is 3. The Hall–Kier alpha value is -4.90. The van der Waals surface area contributed by atoms with Crippen LogP contribution < -0.4 is 10.4 Å². The van der Waals surface area contributed by atoms with Gasteiger partial charge in [-0.15, -0.1) is 76.0 Å². The molecular formula is C56H63IrN3O2SSi2-2. The number of ketones is 1. The van der Waals surface area contributed by atoms with Gasteiger partial charge in [-0.25, -0.2) is 4.98 Å². The van der Waals surface area contributed by atoms with Gasteiger partial charge in [0.1, 0.15) is 6.33 Å². The van der Waals surface area contributed by atoms with Gasteiger partial charge in [-0.1, -0.05) is 150 Å². The molecule has 9 heteroatoms. The maximum Gasteiger partial charge on any atom is 0.162 e. The monoisotopic (exact) mass is 1090 g/mol. The molecule has 3 heterocycles. The molecule has 0 aliphatic heterocycles. The molecule has 0 unspecified atom stereocenters. The molecule has 0 aliphatic rings. The first kappa shape index (κ1) is 51.1. The fraction of sp³-hybridized carbons (Fsp3) is 0.286. The summed E-state index contributed by atoms with van der Waals surface area (Å²) in [5, 5.41) is 16.4. The first-order valence-corrected chi connectivity index (χ1v) is 30.5. The summed E-state index contributed by atoms with van der Waals surface area (Å²) in [6, 6.07) is 47.4. The summed E-state index contributed by atoms with van der Waals surface area (Å²) < 4.78 is 2.40. The second-order valence-electron chi connectivity index (χ2n) is 18.4. The third kappa shape index (κ3) is 12.7. The Morgan fingerprint density at radius 2 is 1.34 bits per heavy atom. The summed E-state index contributed by atoms with van der Waals surface area (Å²) >= 11 is 1.77. The second kappa shape index (κ2) is 23.0. The molecule has 8 rings (SSSR count). The number of pyridine rings is 1. The predicted molar refractivity (Wildman–Crippen MR) is 280 cm³/mol. The molecule has 0 aliphatic carbocycles. The maximum atomic E-state index is 11.7. The van der Waals surface area contributed by atoms with Gasteiger partial charge < -0.3 is 10.1 Å². The number of fused-ring (bicyclic) bond motifs is 4. The van der Waals surface area contributed by atoms with Crippen molar-refractivity contribution in [3.63, 3.8) is 0 Å². The predicted octanol–water partition coefficient (Wildman–Crippen LogP) is 14.6. The van der Waals surface area contributed by atoms with Crippen LogP contribution in [0.3, 0.4) is 0 Å². The standard InChI is InChI=1S/C23H19N2SSi.C20H20NSi.C13H24O2.Ir/c1-27(2,3)20-13-16(12-15-8-4-5-9-17(15)20)21-23-22(25-14-24-21)18-10-6-7-11-19(18)26-23;1-22(2,3)19-11-9-16(10-12-19)18-13-14-21-20(15-18)17-7-5-4-6-8-17;1-5-10(6-2)12(14)9-13(15)11(7-3)8-4;/h4-11,13-14H,1-3H3;4-7,9-15H,1-3H3;9-11,14H,5-8H2,1-4H3;/q2*-1;;/b;;12-9-;. The minimum Gasteiger partial charge on any atom is -0.512 e. The number of carbonyl (C=O) groups excluding carboxylic acids is 1. The van der Waals surface area contributed by atoms with E-state index in [1.807, 2.05) is 58.2 Å². The van der Waals surface area contributed by atoms with Crippen molar-refractivity contribution in [3.05, 3.63) is 152 Å². The second-order valence-corrected chi connectivity index (χ2v) is 29.6. The summed E-state index contributed by atoms with van der Waals surface area (Å²) in [7, 11) is -2.76. The van der Waals surface area contributed by atoms with Gasteiger partial charge in [0.05, 0.1) is 27.4 Å². The van der Waals surface area contributed by atoms with Crippen LogP contribution in [0.4, 0.5) is 0 Å². The van der Waals surface area contributed by atoms with E-state index >= 15 is 0 Å². The largest absolute Gasteiger partial charge is 0.512 e. The minimum absolute atomic E-state index is 0. The molecule has 8 aromatic rings. The Kier molecular flexibility index (Phi) is 18.1. The van der Waals surface area contributed by atoms with E-state index in [2.05, 4.69) is 157 Å². The number of aliphatic hydroxyl groups excluding tert-OH is 1. The molecule has 0 fully saturated rings. The molecule has 0 bridgehead atoms. The molecule has 0 amide bonds. The summed E-state index contributed by atoms with van der Waals surface area (Å²) in [4.78, 5) is 25.5. The van der Waals surface area contributed by atoms with Crippen LogP contribution in [-0.4, -0.2) is 42.0 Å². The van der Waals surface area contributed by atoms with Crippen LogP contribution in [-0.2, 0) is 24.9 Å². The fourth-order valence-electron chi connectivity index (χ4n) is 7.95. The van der Waals surface area contributed by atoms with E-state index < -0.39 is 16.1 Å². The zero-order valence-corrected chi connectivity index (χ0v) is 44.8. The number of benzene rings is 5. The summed E-state index contributed by atoms with van der Waals surface area (Å²) in [6.07, 6.45) is 8.47. The van der Waals surface area contributed by atoms with Gasteiger partial charge in [0.2, 0.25) is 0 Å². The number of nitrogens with zero attached hydrogens (tertiary/aromatic N) is 3. The van der Waals surface area contributed by atoms with Crippen molar-refractivity contribution in [2.24, 2.45) is 11.8 Å². The Morgan fingerprint density at radius 3 is 1.97 bits per heavy atom. The molecular weight excluding hydrogens is 1030 g/mol. The smallest absolute Gasteiger partial charge is 0.162 e. The van der Waals surface area contributed by atoms with Gasteiger partial charge in [-0.2, -0.15) is 0 Å². The van der Waals surface area contributed by atoms with Gasteiger partial charge in [-0.05, 0) is 54.6 Å². The minimum atomic E-state index is -1.52. The average Bonchev–Trinajstić information content (AvgIpc) is 3.69. The van der Waals surface area contributed by atoms with Gasteiger partial charge in [0.25, 0.3) is 0 Å². The van der Waals surface area contributed by atoms with E-state index in [-0.39, 0.29) is 43.5 Å². The quantitative estimate of drug-likeness (QED) is 0.0571. The Labute approximate surface area is 406 Å². The van der Waals surface area contributed by atoms with Gasteiger partial charge in [-0.3, -0.25) is 9.78 Å². The summed E-state index contributed by atoms with van der Waals surface area (Å²) in [5.41, 5.74) is 7.54. The first-order valence-electron chi connectivity index (χ1n) is 22.7. The Balaban J connectivity index is 0.000000190. The van der Waals surface area contributed by atoms with Crippen molar-refractivity contribution in [1.29, 1.82) is 0 Å². The van der Waals surface area contributed by atoms with Crippen molar-refractivity contribution in [2.45, 2.75) is 92.7 Å². The van der Waals surface area contributed by atoms with E-state index in [1.165, 1.54) is 48.4 Å². The molecule has 65 heavy (non-hydrogen) atoms. The van der Waals surface area contributed by atoms with Crippen LogP contribution in [0, 0.1) is 24.0 Å². The molecule has 5 nitrogen and oxygen atoms in total. The van der Waals surface area contributed by atoms with Crippen molar-refractivity contribution in [2.75, 3.05) is 0 Å². The van der Waals surface area contributed by atoms with Crippen LogP contribution in [0.25, 0.3) is 64.7 Å². The van der Waals surface area contributed by atoms with Crippen LogP contribution in [0.2, 0.25) is 39.3 Å². The molecule has 3 aromatic heterocycles. The van der Waals surface area contributed by atoms with Gasteiger partial charge in [0.15, 0.2) is 5.78 Å². The number of aliphatic hydroxyl groups is 1. The molecule has 1 N–H and O–H groups in total. The first-order chi connectivity index (χ1) is 30.7. The van der Waals surface area contributed by atoms with Crippen molar-refractivity contribution in [3.8, 4) is 33.6 Å². The summed E-state index contributed by atoms with van der Waals surface area (Å²) in [5.74, 6) is 0.547. The van der Waals surface area contributed by atoms with Crippen LogP contribution in [0.5, 0.6) is 0 Å². The molecule has 0 saturated heterocycles. The third-order valence-corrected chi connectivity index (χ3v) is 17.2. The number of thiophene rings is 1. The van der Waals surface area contributed by atoms with Crippen LogP contribution in [0.15, 0.2) is 140 Å². The van der Waals surface area contributed by atoms with E-state index in [9.17, 15) is 9.90 Å². The van der Waals surface area contributed by atoms with Crippen molar-refractivity contribution >= 4 is 74.7 Å². The SMILES string of the molecule is CCC(CC)C(=O)/C=C(\O)C(CC)CC.C[Si](C)(C)c1cc(-c2ncnc3c2sc2ccccc23)[c-]c2ccccc12.C[Si](C)(C)c1ccc(-c2ccnc(-c3[c-]cccc3)c2)cc1.[Ir]. The zero-order valence-electron chi connectivity index (χ0n) is 39.6. The van der Waals surface area contributed by atoms with Crippen molar-refractivity contribution < 1.29 is 30.0 Å². The fourth-order valence-corrected chi connectivity index (χ4v) is 11.9. The van der Waals surface area contributed by atoms with E-state index in [1.54, 1.807) is 17.7 Å². The van der Waals surface area contributed by atoms with Gasteiger partial charge >= 0.3 is 0 Å². The molecule has 0 saturated carbocycles. The molecule has 1 radical (unpaired) electrons. The topological polar surface area (TPSA) is 76.0 Å². The molecule has 0 atom stereocenters. The third-order valence-electron chi connectivity index (χ3n) is 11.9. The van der Waals surface area contributed by atoms with Gasteiger partial charge in [0, 0.05) is 64.7 Å². The number of hydrogen-bond acceptors (Lipinski definition) is 6. The zero-order chi connectivity index (χ0) is 46.0. The number of carbonyl (C=O) groups is 1. The molecule has 5 aromatic carbocycles. The molecule has 339 valence electrons. The molecule has 0 spiro atoms. The van der Waals surface area contributed by atoms with Crippen LogP contribution in [0.1, 0.15) is 53.4 Å². The maximum absolute atomic E-state index is 11.7.